The highest BCUT2D eigenvalue weighted by Gasteiger charge is 2.19. The molecule has 0 aliphatic heterocycles. The van der Waals surface area contributed by atoms with Gasteiger partial charge >= 0.3 is 11.9 Å². The summed E-state index contributed by atoms with van der Waals surface area (Å²) in [6.45, 7) is 3.41. The van der Waals surface area contributed by atoms with Crippen molar-refractivity contribution in [3.8, 4) is 0 Å². The Morgan fingerprint density at radius 1 is 1.40 bits per heavy atom. The second-order valence-electron chi connectivity index (χ2n) is 4.05. The number of ether oxygens (including phenoxy) is 1. The van der Waals surface area contributed by atoms with E-state index in [0.717, 1.165) is 25.0 Å². The lowest BCUT2D eigenvalue weighted by molar-refractivity contribution is -0.402. The predicted molar refractivity (Wildman–Crippen MR) is 68.2 cm³/mol. The molecule has 1 N–H and O–H groups in total. The van der Waals surface area contributed by atoms with Crippen LogP contribution in [0.15, 0.2) is 16.5 Å². The Labute approximate surface area is 115 Å². The van der Waals surface area contributed by atoms with Crippen molar-refractivity contribution in [2.45, 2.75) is 32.7 Å². The SMILES string of the molecule is CCC(CC)NC(=O)COC(=O)c1ccc([N+](=O)[O-])o1. The monoisotopic (exact) mass is 284 g/mol. The Kier molecular flexibility index (Phi) is 5.70. The molecule has 0 saturated heterocycles. The fourth-order valence-corrected chi connectivity index (χ4v) is 1.50. The Morgan fingerprint density at radius 2 is 2.05 bits per heavy atom. The summed E-state index contributed by atoms with van der Waals surface area (Å²) in [5.74, 6) is -2.21. The van der Waals surface area contributed by atoms with Crippen LogP contribution >= 0.6 is 0 Å². The molecule has 8 heteroatoms. The van der Waals surface area contributed by atoms with Gasteiger partial charge in [0.15, 0.2) is 6.61 Å². The maximum Gasteiger partial charge on any atom is 0.433 e. The first kappa shape index (κ1) is 15.7. The van der Waals surface area contributed by atoms with Crippen molar-refractivity contribution in [1.82, 2.24) is 5.32 Å². The number of rotatable bonds is 7. The van der Waals surface area contributed by atoms with E-state index in [9.17, 15) is 19.7 Å². The Hall–Kier alpha value is -2.38. The lowest BCUT2D eigenvalue weighted by Crippen LogP contribution is -2.36. The van der Waals surface area contributed by atoms with Crippen molar-refractivity contribution in [3.05, 3.63) is 28.0 Å². The molecule has 0 unspecified atom stereocenters. The third-order valence-corrected chi connectivity index (χ3v) is 2.66. The molecule has 1 heterocycles. The number of nitro groups is 1. The molecular weight excluding hydrogens is 268 g/mol. The number of furan rings is 1. The number of amides is 1. The maximum absolute atomic E-state index is 11.5. The molecular formula is C12H16N2O6. The fourth-order valence-electron chi connectivity index (χ4n) is 1.50. The van der Waals surface area contributed by atoms with Crippen LogP contribution in [0.1, 0.15) is 37.2 Å². The summed E-state index contributed by atoms with van der Waals surface area (Å²) < 4.78 is 9.36. The third kappa shape index (κ3) is 4.38. The van der Waals surface area contributed by atoms with Gasteiger partial charge in [-0.25, -0.2) is 4.79 Å². The van der Waals surface area contributed by atoms with Crippen molar-refractivity contribution in [2.75, 3.05) is 6.61 Å². The van der Waals surface area contributed by atoms with Crippen molar-refractivity contribution in [3.63, 3.8) is 0 Å². The zero-order valence-corrected chi connectivity index (χ0v) is 11.3. The third-order valence-electron chi connectivity index (χ3n) is 2.66. The van der Waals surface area contributed by atoms with Crippen LogP contribution < -0.4 is 5.32 Å². The van der Waals surface area contributed by atoms with Gasteiger partial charge in [0.25, 0.3) is 5.91 Å². The van der Waals surface area contributed by atoms with E-state index in [1.54, 1.807) is 0 Å². The molecule has 0 fully saturated rings. The van der Waals surface area contributed by atoms with Crippen LogP contribution in [0.5, 0.6) is 0 Å². The van der Waals surface area contributed by atoms with E-state index in [1.165, 1.54) is 0 Å². The van der Waals surface area contributed by atoms with Crippen molar-refractivity contribution in [1.29, 1.82) is 0 Å². The van der Waals surface area contributed by atoms with Gasteiger partial charge in [-0.15, -0.1) is 0 Å². The minimum Gasteiger partial charge on any atom is -0.450 e. The normalized spacial score (nSPS) is 10.3. The van der Waals surface area contributed by atoms with E-state index in [1.807, 2.05) is 13.8 Å². The standard InChI is InChI=1S/C12H16N2O6/c1-3-8(4-2)13-10(15)7-19-12(16)9-5-6-11(20-9)14(17)18/h5-6,8H,3-4,7H2,1-2H3,(H,13,15). The van der Waals surface area contributed by atoms with Crippen LogP contribution in [-0.2, 0) is 9.53 Å². The Balaban J connectivity index is 2.46. The van der Waals surface area contributed by atoms with Gasteiger partial charge in [-0.05, 0) is 18.9 Å². The smallest absolute Gasteiger partial charge is 0.433 e. The quantitative estimate of drug-likeness (QED) is 0.463. The highest BCUT2D eigenvalue weighted by Crippen LogP contribution is 2.16. The number of nitrogens with zero attached hydrogens (tertiary/aromatic N) is 1. The molecule has 0 aliphatic rings. The largest absolute Gasteiger partial charge is 0.450 e. The van der Waals surface area contributed by atoms with Crippen LogP contribution in [0, 0.1) is 10.1 Å². The van der Waals surface area contributed by atoms with Gasteiger partial charge in [0, 0.05) is 6.04 Å². The van der Waals surface area contributed by atoms with Crippen molar-refractivity contribution < 1.29 is 23.7 Å². The van der Waals surface area contributed by atoms with Gasteiger partial charge in [0.05, 0.1) is 6.07 Å². The molecule has 0 bridgehead atoms. The first-order valence-electron chi connectivity index (χ1n) is 6.18. The van der Waals surface area contributed by atoms with E-state index in [2.05, 4.69) is 9.73 Å². The molecule has 0 aliphatic carbocycles. The lowest BCUT2D eigenvalue weighted by Gasteiger charge is -2.14. The van der Waals surface area contributed by atoms with Crippen LogP contribution in [0.25, 0.3) is 0 Å². The zero-order chi connectivity index (χ0) is 15.1. The van der Waals surface area contributed by atoms with Gasteiger partial charge in [0.1, 0.15) is 4.92 Å². The second-order valence-corrected chi connectivity index (χ2v) is 4.05. The zero-order valence-electron chi connectivity index (χ0n) is 11.3. The van der Waals surface area contributed by atoms with Crippen LogP contribution in [0.4, 0.5) is 5.88 Å². The molecule has 20 heavy (non-hydrogen) atoms. The summed E-state index contributed by atoms with van der Waals surface area (Å²) in [5, 5.41) is 13.1. The van der Waals surface area contributed by atoms with E-state index in [-0.39, 0.29) is 11.8 Å². The minimum absolute atomic E-state index is 0.0332. The van der Waals surface area contributed by atoms with E-state index in [4.69, 9.17) is 4.74 Å². The lowest BCUT2D eigenvalue weighted by atomic mass is 10.2. The summed E-state index contributed by atoms with van der Waals surface area (Å²) >= 11 is 0. The van der Waals surface area contributed by atoms with Crippen LogP contribution in [-0.4, -0.2) is 29.4 Å². The second kappa shape index (κ2) is 7.27. The molecule has 0 radical (unpaired) electrons. The van der Waals surface area contributed by atoms with Gasteiger partial charge in [-0.2, -0.15) is 0 Å². The Morgan fingerprint density at radius 3 is 2.55 bits per heavy atom. The summed E-state index contributed by atoms with van der Waals surface area (Å²) in [7, 11) is 0. The van der Waals surface area contributed by atoms with Gasteiger partial charge in [0.2, 0.25) is 5.76 Å². The molecule has 1 aromatic heterocycles. The Bertz CT molecular complexity index is 492. The number of nitrogens with one attached hydrogen (secondary N) is 1. The number of hydrogen-bond acceptors (Lipinski definition) is 6. The molecule has 1 rings (SSSR count). The number of carbonyl (C=O) groups excluding carboxylic acids is 2. The van der Waals surface area contributed by atoms with Crippen molar-refractivity contribution in [2.24, 2.45) is 0 Å². The van der Waals surface area contributed by atoms with Gasteiger partial charge in [-0.3, -0.25) is 14.9 Å². The summed E-state index contributed by atoms with van der Waals surface area (Å²) in [4.78, 5) is 32.6. The van der Waals surface area contributed by atoms with Crippen molar-refractivity contribution >= 4 is 17.8 Å². The molecule has 0 spiro atoms. The number of carbonyl (C=O) groups is 2. The summed E-state index contributed by atoms with van der Waals surface area (Å²) in [6, 6.07) is 2.20. The maximum atomic E-state index is 11.5. The number of hydrogen-bond donors (Lipinski definition) is 1. The molecule has 1 aromatic rings. The van der Waals surface area contributed by atoms with E-state index in [0.29, 0.717) is 0 Å². The average molecular weight is 284 g/mol. The molecule has 0 aromatic carbocycles. The summed E-state index contributed by atoms with van der Waals surface area (Å²) in [6.07, 6.45) is 1.56. The summed E-state index contributed by atoms with van der Waals surface area (Å²) in [5.41, 5.74) is 0. The highest BCUT2D eigenvalue weighted by atomic mass is 16.7. The number of esters is 1. The predicted octanol–water partition coefficient (Wildman–Crippen LogP) is 1.65. The molecule has 0 atom stereocenters. The first-order chi connectivity index (χ1) is 9.47. The minimum atomic E-state index is -0.919. The highest BCUT2D eigenvalue weighted by molar-refractivity contribution is 5.89. The van der Waals surface area contributed by atoms with Gasteiger partial charge < -0.3 is 14.5 Å². The van der Waals surface area contributed by atoms with Gasteiger partial charge in [-0.1, -0.05) is 13.8 Å². The molecule has 8 nitrogen and oxygen atoms in total. The molecule has 1 amide bonds. The topological polar surface area (TPSA) is 112 Å². The van der Waals surface area contributed by atoms with Crippen LogP contribution in [0.2, 0.25) is 0 Å². The average Bonchev–Trinajstić information content (AvgIpc) is 2.92. The molecule has 110 valence electrons. The van der Waals surface area contributed by atoms with Crippen LogP contribution in [0.3, 0.4) is 0 Å². The van der Waals surface area contributed by atoms with E-state index < -0.39 is 29.3 Å². The fraction of sp³-hybridized carbons (Fsp3) is 0.500. The molecule has 0 saturated carbocycles. The first-order valence-corrected chi connectivity index (χ1v) is 6.18. The van der Waals surface area contributed by atoms with E-state index >= 15 is 0 Å².